The van der Waals surface area contributed by atoms with E-state index in [2.05, 4.69) is 5.10 Å². The van der Waals surface area contributed by atoms with E-state index in [1.807, 2.05) is 0 Å². The molecule has 0 aliphatic rings. The van der Waals surface area contributed by atoms with Crippen LogP contribution in [0.15, 0.2) is 36.4 Å². The van der Waals surface area contributed by atoms with Crippen LogP contribution in [0.2, 0.25) is 5.02 Å². The first-order valence-corrected chi connectivity index (χ1v) is 6.05. The van der Waals surface area contributed by atoms with Crippen molar-refractivity contribution in [3.8, 4) is 17.0 Å². The molecule has 0 radical (unpaired) electrons. The molecule has 0 bridgehead atoms. The van der Waals surface area contributed by atoms with Gasteiger partial charge in [0.25, 0.3) is 0 Å². The number of aromatic nitrogens is 2. The highest BCUT2D eigenvalue weighted by Gasteiger charge is 2.13. The summed E-state index contributed by atoms with van der Waals surface area (Å²) in [5.41, 5.74) is 2.23. The van der Waals surface area contributed by atoms with Crippen molar-refractivity contribution in [1.82, 2.24) is 9.78 Å². The van der Waals surface area contributed by atoms with Crippen LogP contribution in [-0.2, 0) is 7.05 Å². The average Bonchev–Trinajstić information content (AvgIpc) is 2.69. The van der Waals surface area contributed by atoms with Crippen molar-refractivity contribution in [2.75, 3.05) is 0 Å². The molecule has 2 aromatic carbocycles. The summed E-state index contributed by atoms with van der Waals surface area (Å²) < 4.78 is 15.3. The minimum atomic E-state index is -0.470. The van der Waals surface area contributed by atoms with Gasteiger partial charge in [-0.3, -0.25) is 4.68 Å². The van der Waals surface area contributed by atoms with Gasteiger partial charge in [-0.1, -0.05) is 11.6 Å². The van der Waals surface area contributed by atoms with Gasteiger partial charge in [0.1, 0.15) is 17.3 Å². The molecule has 1 heterocycles. The molecule has 0 spiro atoms. The molecule has 0 amide bonds. The number of rotatable bonds is 1. The molecule has 0 saturated carbocycles. The molecular weight excluding hydrogens is 267 g/mol. The summed E-state index contributed by atoms with van der Waals surface area (Å²) in [5, 5.41) is 14.4. The zero-order valence-corrected chi connectivity index (χ0v) is 10.8. The maximum absolute atomic E-state index is 13.6. The van der Waals surface area contributed by atoms with Crippen molar-refractivity contribution in [3.05, 3.63) is 47.2 Å². The van der Waals surface area contributed by atoms with E-state index in [4.69, 9.17) is 11.6 Å². The van der Waals surface area contributed by atoms with E-state index in [9.17, 15) is 9.50 Å². The van der Waals surface area contributed by atoms with Crippen molar-refractivity contribution in [3.63, 3.8) is 0 Å². The fourth-order valence-electron chi connectivity index (χ4n) is 2.08. The first-order valence-electron chi connectivity index (χ1n) is 5.67. The van der Waals surface area contributed by atoms with Crippen LogP contribution >= 0.6 is 11.6 Å². The molecule has 0 atom stereocenters. The molecule has 5 heteroatoms. The van der Waals surface area contributed by atoms with Crippen LogP contribution in [0.5, 0.6) is 5.75 Å². The molecule has 0 aliphatic carbocycles. The number of phenols is 1. The van der Waals surface area contributed by atoms with E-state index in [0.29, 0.717) is 11.1 Å². The molecule has 0 fully saturated rings. The standard InChI is InChI=1S/C14H10ClFN2O/c1-18-13-7-11(15)12(16)6-10(13)14(17-18)8-2-4-9(19)5-3-8/h2-7,19H,1H3. The van der Waals surface area contributed by atoms with Crippen LogP contribution in [0.3, 0.4) is 0 Å². The predicted molar refractivity (Wildman–Crippen MR) is 72.8 cm³/mol. The van der Waals surface area contributed by atoms with Crippen LogP contribution < -0.4 is 0 Å². The van der Waals surface area contributed by atoms with Gasteiger partial charge in [-0.15, -0.1) is 0 Å². The lowest BCUT2D eigenvalue weighted by atomic mass is 10.1. The summed E-state index contributed by atoms with van der Waals surface area (Å²) in [4.78, 5) is 0. The summed E-state index contributed by atoms with van der Waals surface area (Å²) >= 11 is 5.79. The van der Waals surface area contributed by atoms with Crippen LogP contribution in [0.4, 0.5) is 4.39 Å². The normalized spacial score (nSPS) is 11.1. The molecule has 0 aliphatic heterocycles. The number of halogens is 2. The van der Waals surface area contributed by atoms with E-state index in [1.165, 1.54) is 6.07 Å². The lowest BCUT2D eigenvalue weighted by Gasteiger charge is -1.99. The van der Waals surface area contributed by atoms with Crippen LogP contribution in [0.25, 0.3) is 22.2 Å². The Bertz CT molecular complexity index is 765. The van der Waals surface area contributed by atoms with Gasteiger partial charge in [0.15, 0.2) is 0 Å². The van der Waals surface area contributed by atoms with Crippen molar-refractivity contribution < 1.29 is 9.50 Å². The van der Waals surface area contributed by atoms with Gasteiger partial charge >= 0.3 is 0 Å². The summed E-state index contributed by atoms with van der Waals surface area (Å²) in [6.07, 6.45) is 0. The smallest absolute Gasteiger partial charge is 0.142 e. The van der Waals surface area contributed by atoms with E-state index in [-0.39, 0.29) is 10.8 Å². The number of fused-ring (bicyclic) bond motifs is 1. The Morgan fingerprint density at radius 2 is 1.89 bits per heavy atom. The number of benzene rings is 2. The van der Waals surface area contributed by atoms with Crippen LogP contribution in [0.1, 0.15) is 0 Å². The molecule has 19 heavy (non-hydrogen) atoms. The predicted octanol–water partition coefficient (Wildman–Crippen LogP) is 3.74. The van der Waals surface area contributed by atoms with Gasteiger partial charge in [0.2, 0.25) is 0 Å². The average molecular weight is 277 g/mol. The number of hydrogen-bond donors (Lipinski definition) is 1. The van der Waals surface area contributed by atoms with E-state index in [0.717, 1.165) is 11.1 Å². The summed E-state index contributed by atoms with van der Waals surface area (Å²) in [6, 6.07) is 9.56. The Balaban J connectivity index is 2.30. The third-order valence-electron chi connectivity index (χ3n) is 3.03. The zero-order chi connectivity index (χ0) is 13.6. The highest BCUT2D eigenvalue weighted by Crippen LogP contribution is 2.31. The summed E-state index contributed by atoms with van der Waals surface area (Å²) in [5.74, 6) is -0.291. The van der Waals surface area contributed by atoms with Crippen molar-refractivity contribution in [1.29, 1.82) is 0 Å². The summed E-state index contributed by atoms with van der Waals surface area (Å²) in [6.45, 7) is 0. The lowest BCUT2D eigenvalue weighted by molar-refractivity contribution is 0.475. The zero-order valence-electron chi connectivity index (χ0n) is 10.1. The third kappa shape index (κ3) is 1.94. The number of nitrogens with zero attached hydrogens (tertiary/aromatic N) is 2. The topological polar surface area (TPSA) is 38.0 Å². The lowest BCUT2D eigenvalue weighted by Crippen LogP contribution is -1.89. The molecule has 3 aromatic rings. The highest BCUT2D eigenvalue weighted by atomic mass is 35.5. The SMILES string of the molecule is Cn1nc(-c2ccc(O)cc2)c2cc(F)c(Cl)cc21. The number of phenolic OH excluding ortho intramolecular Hbond substituents is 1. The molecule has 96 valence electrons. The van der Waals surface area contributed by atoms with Crippen LogP contribution in [-0.4, -0.2) is 14.9 Å². The van der Waals surface area contributed by atoms with Gasteiger partial charge in [-0.05, 0) is 36.4 Å². The van der Waals surface area contributed by atoms with Crippen molar-refractivity contribution in [2.45, 2.75) is 0 Å². The Morgan fingerprint density at radius 3 is 2.58 bits per heavy atom. The number of aryl methyl sites for hydroxylation is 1. The van der Waals surface area contributed by atoms with Crippen molar-refractivity contribution in [2.24, 2.45) is 7.05 Å². The van der Waals surface area contributed by atoms with Gasteiger partial charge < -0.3 is 5.11 Å². The molecule has 3 nitrogen and oxygen atoms in total. The number of hydrogen-bond acceptors (Lipinski definition) is 2. The molecule has 1 N–H and O–H groups in total. The molecular formula is C14H10ClFN2O. The fourth-order valence-corrected chi connectivity index (χ4v) is 2.24. The van der Waals surface area contributed by atoms with Crippen LogP contribution in [0, 0.1) is 5.82 Å². The fraction of sp³-hybridized carbons (Fsp3) is 0.0714. The number of aromatic hydroxyl groups is 1. The first kappa shape index (κ1) is 12.0. The monoisotopic (exact) mass is 276 g/mol. The van der Waals surface area contributed by atoms with E-state index < -0.39 is 5.82 Å². The minimum Gasteiger partial charge on any atom is -0.508 e. The Kier molecular flexibility index (Phi) is 2.68. The largest absolute Gasteiger partial charge is 0.508 e. The molecule has 1 aromatic heterocycles. The second-order valence-electron chi connectivity index (χ2n) is 4.30. The molecule has 0 saturated heterocycles. The molecule has 3 rings (SSSR count). The molecule has 0 unspecified atom stereocenters. The van der Waals surface area contributed by atoms with Gasteiger partial charge in [-0.25, -0.2) is 4.39 Å². The van der Waals surface area contributed by atoms with Gasteiger partial charge in [-0.2, -0.15) is 5.10 Å². The Morgan fingerprint density at radius 1 is 1.21 bits per heavy atom. The highest BCUT2D eigenvalue weighted by molar-refractivity contribution is 6.31. The second-order valence-corrected chi connectivity index (χ2v) is 4.71. The summed E-state index contributed by atoms with van der Waals surface area (Å²) in [7, 11) is 1.78. The quantitative estimate of drug-likeness (QED) is 0.735. The van der Waals surface area contributed by atoms with Crippen molar-refractivity contribution >= 4 is 22.5 Å². The minimum absolute atomic E-state index is 0.0766. The second kappa shape index (κ2) is 4.24. The maximum atomic E-state index is 13.6. The van der Waals surface area contributed by atoms with E-state index >= 15 is 0 Å². The van der Waals surface area contributed by atoms with Gasteiger partial charge in [0, 0.05) is 18.0 Å². The van der Waals surface area contributed by atoms with Gasteiger partial charge in [0.05, 0.1) is 10.5 Å². The van der Waals surface area contributed by atoms with E-state index in [1.54, 1.807) is 42.1 Å². The first-order chi connectivity index (χ1) is 9.06. The Labute approximate surface area is 113 Å². The Hall–Kier alpha value is -2.07. The third-order valence-corrected chi connectivity index (χ3v) is 3.32. The maximum Gasteiger partial charge on any atom is 0.142 e.